The van der Waals surface area contributed by atoms with Crippen LogP contribution in [0.15, 0.2) is 30.7 Å². The van der Waals surface area contributed by atoms with E-state index in [2.05, 4.69) is 34.3 Å². The molecule has 1 amide bonds. The number of amides is 1. The monoisotopic (exact) mass is 534 g/mol. The third kappa shape index (κ3) is 6.14. The normalized spacial score (nSPS) is 20.3. The fourth-order valence-electron chi connectivity index (χ4n) is 5.85. The fourth-order valence-corrected chi connectivity index (χ4v) is 5.85. The predicted molar refractivity (Wildman–Crippen MR) is 149 cm³/mol. The van der Waals surface area contributed by atoms with Gasteiger partial charge in [-0.05, 0) is 56.6 Å². The summed E-state index contributed by atoms with van der Waals surface area (Å²) in [4.78, 5) is 22.8. The summed E-state index contributed by atoms with van der Waals surface area (Å²) in [5.41, 5.74) is 3.11. The van der Waals surface area contributed by atoms with Crippen LogP contribution in [0.2, 0.25) is 0 Å². The minimum atomic E-state index is -0.982. The number of pyridine rings is 1. The van der Waals surface area contributed by atoms with Gasteiger partial charge in [0, 0.05) is 30.1 Å². The molecule has 5 atom stereocenters. The number of hydrogen-bond acceptors (Lipinski definition) is 7. The van der Waals surface area contributed by atoms with Crippen LogP contribution < -0.4 is 5.32 Å². The summed E-state index contributed by atoms with van der Waals surface area (Å²) in [6.07, 6.45) is 12.8. The van der Waals surface area contributed by atoms with Crippen LogP contribution in [0.3, 0.4) is 0 Å². The number of fused-ring (bicyclic) bond motifs is 1. The Labute approximate surface area is 230 Å². The van der Waals surface area contributed by atoms with Gasteiger partial charge in [-0.2, -0.15) is 0 Å². The van der Waals surface area contributed by atoms with E-state index in [-0.39, 0.29) is 17.7 Å². The standard InChI is InChI=1S/C30H42N6O3/c1-4-18(2)25-29-35-34-28(36(29)17-24(32-25)22-11-8-14-31-16-22)19(3)30(39)33-23(15-20-9-6-5-7-10-20)27(38)26(37)21-12-13-21/h8,11,14,16-21,23,26-27,37-38H,4-7,9-10,12-13,15H2,1-3H3,(H,33,39)/t18?,19?,23-,26-,27+/m0/s1. The second kappa shape index (κ2) is 12.1. The maximum absolute atomic E-state index is 13.7. The number of nitrogens with one attached hydrogen (secondary N) is 1. The zero-order chi connectivity index (χ0) is 27.5. The third-order valence-corrected chi connectivity index (χ3v) is 8.77. The van der Waals surface area contributed by atoms with E-state index in [1.807, 2.05) is 29.7 Å². The zero-order valence-electron chi connectivity index (χ0n) is 23.3. The Hall–Kier alpha value is -2.91. The molecule has 5 rings (SSSR count). The Morgan fingerprint density at radius 1 is 1.13 bits per heavy atom. The first-order valence-corrected chi connectivity index (χ1v) is 14.7. The van der Waals surface area contributed by atoms with Crippen molar-refractivity contribution in [3.05, 3.63) is 42.2 Å². The third-order valence-electron chi connectivity index (χ3n) is 8.77. The molecule has 0 aromatic carbocycles. The number of nitrogens with zero attached hydrogens (tertiary/aromatic N) is 5. The van der Waals surface area contributed by atoms with Gasteiger partial charge in [-0.15, -0.1) is 10.2 Å². The molecular weight excluding hydrogens is 492 g/mol. The fraction of sp³-hybridized carbons (Fsp3) is 0.633. The molecule has 0 aliphatic heterocycles. The number of aromatic nitrogens is 5. The van der Waals surface area contributed by atoms with Crippen LogP contribution in [-0.2, 0) is 4.79 Å². The van der Waals surface area contributed by atoms with Crippen LogP contribution in [0.1, 0.15) is 102 Å². The van der Waals surface area contributed by atoms with Crippen molar-refractivity contribution in [3.8, 4) is 11.3 Å². The van der Waals surface area contributed by atoms with Crippen molar-refractivity contribution in [3.63, 3.8) is 0 Å². The molecule has 2 saturated carbocycles. The first-order valence-electron chi connectivity index (χ1n) is 14.7. The van der Waals surface area contributed by atoms with Gasteiger partial charge in [0.15, 0.2) is 5.65 Å². The Morgan fingerprint density at radius 3 is 2.56 bits per heavy atom. The maximum Gasteiger partial charge on any atom is 0.230 e. The Balaban J connectivity index is 1.43. The van der Waals surface area contributed by atoms with Crippen molar-refractivity contribution in [1.82, 2.24) is 29.9 Å². The maximum atomic E-state index is 13.7. The zero-order valence-corrected chi connectivity index (χ0v) is 23.3. The molecule has 3 heterocycles. The summed E-state index contributed by atoms with van der Waals surface area (Å²) < 4.78 is 1.88. The van der Waals surface area contributed by atoms with Gasteiger partial charge < -0.3 is 15.5 Å². The van der Waals surface area contributed by atoms with Gasteiger partial charge in [0.1, 0.15) is 11.9 Å². The Morgan fingerprint density at radius 2 is 1.90 bits per heavy atom. The van der Waals surface area contributed by atoms with E-state index in [0.717, 1.165) is 49.1 Å². The van der Waals surface area contributed by atoms with Crippen molar-refractivity contribution in [2.24, 2.45) is 11.8 Å². The molecule has 2 fully saturated rings. The number of aliphatic hydroxyl groups excluding tert-OH is 2. The highest BCUT2D eigenvalue weighted by Gasteiger charge is 2.40. The summed E-state index contributed by atoms with van der Waals surface area (Å²) in [7, 11) is 0. The number of hydrogen-bond donors (Lipinski definition) is 3. The molecule has 210 valence electrons. The van der Waals surface area contributed by atoms with Crippen molar-refractivity contribution in [2.75, 3.05) is 0 Å². The lowest BCUT2D eigenvalue weighted by molar-refractivity contribution is -0.125. The summed E-state index contributed by atoms with van der Waals surface area (Å²) in [6, 6.07) is 3.34. The van der Waals surface area contributed by atoms with E-state index >= 15 is 0 Å². The molecule has 9 nitrogen and oxygen atoms in total. The molecular formula is C30H42N6O3. The van der Waals surface area contributed by atoms with Gasteiger partial charge in [0.2, 0.25) is 5.91 Å². The number of carbonyl (C=O) groups excluding carboxylic acids is 1. The second-order valence-electron chi connectivity index (χ2n) is 11.7. The van der Waals surface area contributed by atoms with Gasteiger partial charge >= 0.3 is 0 Å². The van der Waals surface area contributed by atoms with Crippen molar-refractivity contribution >= 4 is 11.6 Å². The van der Waals surface area contributed by atoms with E-state index in [1.165, 1.54) is 19.3 Å². The summed E-state index contributed by atoms with van der Waals surface area (Å²) >= 11 is 0. The van der Waals surface area contributed by atoms with Gasteiger partial charge in [-0.3, -0.25) is 14.2 Å². The molecule has 0 spiro atoms. The minimum Gasteiger partial charge on any atom is -0.390 e. The SMILES string of the molecule is CCC(C)c1nc(-c2cccnc2)cn2c(C(C)C(=O)N[C@@H](CC3CCCCC3)[C@@H](O)[C@@H](O)C3CC3)nnc12. The Bertz CT molecular complexity index is 1250. The molecule has 3 N–H and O–H groups in total. The van der Waals surface area contributed by atoms with E-state index in [4.69, 9.17) is 4.98 Å². The second-order valence-corrected chi connectivity index (χ2v) is 11.7. The number of carbonyl (C=O) groups is 1. The molecule has 39 heavy (non-hydrogen) atoms. The lowest BCUT2D eigenvalue weighted by Crippen LogP contribution is -2.51. The largest absolute Gasteiger partial charge is 0.390 e. The van der Waals surface area contributed by atoms with E-state index in [1.54, 1.807) is 12.4 Å². The first kappa shape index (κ1) is 27.6. The van der Waals surface area contributed by atoms with Crippen LogP contribution in [0, 0.1) is 11.8 Å². The molecule has 0 saturated heterocycles. The lowest BCUT2D eigenvalue weighted by atomic mass is 9.82. The molecule has 3 aromatic heterocycles. The lowest BCUT2D eigenvalue weighted by Gasteiger charge is -2.32. The van der Waals surface area contributed by atoms with E-state index in [0.29, 0.717) is 23.8 Å². The highest BCUT2D eigenvalue weighted by molar-refractivity contribution is 5.83. The summed E-state index contributed by atoms with van der Waals surface area (Å²) in [5, 5.41) is 33.9. The van der Waals surface area contributed by atoms with Gasteiger partial charge in [0.05, 0.1) is 29.5 Å². The number of aliphatic hydroxyl groups is 2. The van der Waals surface area contributed by atoms with E-state index in [9.17, 15) is 15.0 Å². The molecule has 2 unspecified atom stereocenters. The molecule has 2 aliphatic rings. The smallest absolute Gasteiger partial charge is 0.230 e. The van der Waals surface area contributed by atoms with Crippen molar-refractivity contribution in [1.29, 1.82) is 0 Å². The van der Waals surface area contributed by atoms with Crippen LogP contribution >= 0.6 is 0 Å². The van der Waals surface area contributed by atoms with Crippen molar-refractivity contribution in [2.45, 2.75) is 109 Å². The van der Waals surface area contributed by atoms with Crippen LogP contribution in [0.25, 0.3) is 16.9 Å². The van der Waals surface area contributed by atoms with E-state index < -0.39 is 24.2 Å². The van der Waals surface area contributed by atoms with Crippen molar-refractivity contribution < 1.29 is 15.0 Å². The van der Waals surface area contributed by atoms with Crippen LogP contribution in [0.5, 0.6) is 0 Å². The van der Waals surface area contributed by atoms with Gasteiger partial charge in [0.25, 0.3) is 0 Å². The summed E-state index contributed by atoms with van der Waals surface area (Å²) in [6.45, 7) is 6.04. The minimum absolute atomic E-state index is 0.126. The molecule has 0 bridgehead atoms. The Kier molecular flexibility index (Phi) is 8.57. The predicted octanol–water partition coefficient (Wildman–Crippen LogP) is 4.39. The average Bonchev–Trinajstić information content (AvgIpc) is 3.74. The molecule has 3 aromatic rings. The molecule has 2 aliphatic carbocycles. The first-order chi connectivity index (χ1) is 18.9. The average molecular weight is 535 g/mol. The summed E-state index contributed by atoms with van der Waals surface area (Å²) in [5.74, 6) is 0.407. The van der Waals surface area contributed by atoms with Gasteiger partial charge in [-0.1, -0.05) is 46.0 Å². The highest BCUT2D eigenvalue weighted by Crippen LogP contribution is 2.36. The van der Waals surface area contributed by atoms with Crippen LogP contribution in [0.4, 0.5) is 0 Å². The van der Waals surface area contributed by atoms with Gasteiger partial charge in [-0.25, -0.2) is 4.98 Å². The quantitative estimate of drug-likeness (QED) is 0.333. The highest BCUT2D eigenvalue weighted by atomic mass is 16.3. The number of rotatable bonds is 11. The topological polar surface area (TPSA) is 126 Å². The molecule has 0 radical (unpaired) electrons. The van der Waals surface area contributed by atoms with Crippen LogP contribution in [-0.4, -0.2) is 58.9 Å². The molecule has 9 heteroatoms.